The van der Waals surface area contributed by atoms with E-state index >= 15 is 0 Å². The Hall–Kier alpha value is -1.40. The highest BCUT2D eigenvalue weighted by molar-refractivity contribution is 7.90. The number of pyridine rings is 1. The van der Waals surface area contributed by atoms with E-state index in [1.54, 1.807) is 0 Å². The fourth-order valence-corrected chi connectivity index (χ4v) is 2.89. The number of imidazole rings is 1. The van der Waals surface area contributed by atoms with Gasteiger partial charge in [-0.05, 0) is 19.1 Å². The van der Waals surface area contributed by atoms with Crippen LogP contribution in [0.5, 0.6) is 0 Å². The number of hydrogen-bond donors (Lipinski definition) is 1. The van der Waals surface area contributed by atoms with Crippen molar-refractivity contribution in [3.8, 4) is 0 Å². The highest BCUT2D eigenvalue weighted by Gasteiger charge is 2.10. The van der Waals surface area contributed by atoms with Crippen molar-refractivity contribution in [2.24, 2.45) is 0 Å². The molecule has 0 aromatic carbocycles. The Morgan fingerprint density at radius 1 is 1.44 bits per heavy atom. The molecule has 0 aliphatic rings. The molecule has 0 amide bonds. The van der Waals surface area contributed by atoms with Crippen molar-refractivity contribution in [1.29, 1.82) is 0 Å². The van der Waals surface area contributed by atoms with Gasteiger partial charge in [-0.25, -0.2) is 13.4 Å². The van der Waals surface area contributed by atoms with E-state index in [0.29, 0.717) is 6.54 Å². The molecule has 2 heterocycles. The van der Waals surface area contributed by atoms with Crippen LogP contribution in [-0.4, -0.2) is 35.9 Å². The molecule has 2 rings (SSSR count). The largest absolute Gasteiger partial charge is 0.308 e. The van der Waals surface area contributed by atoms with Gasteiger partial charge in [0.25, 0.3) is 0 Å². The molecular weight excluding hydrogens is 250 g/mol. The molecule has 2 aromatic heterocycles. The molecule has 18 heavy (non-hydrogen) atoms. The zero-order valence-corrected chi connectivity index (χ0v) is 11.3. The summed E-state index contributed by atoms with van der Waals surface area (Å²) >= 11 is 0. The van der Waals surface area contributed by atoms with Crippen LogP contribution in [0.4, 0.5) is 0 Å². The summed E-state index contributed by atoms with van der Waals surface area (Å²) < 4.78 is 24.2. The smallest absolute Gasteiger partial charge is 0.148 e. The number of nitrogens with zero attached hydrogens (tertiary/aromatic N) is 2. The minimum atomic E-state index is -2.94. The van der Waals surface area contributed by atoms with Crippen LogP contribution in [0.3, 0.4) is 0 Å². The van der Waals surface area contributed by atoms with Crippen molar-refractivity contribution in [2.45, 2.75) is 19.5 Å². The van der Waals surface area contributed by atoms with Crippen molar-refractivity contribution in [2.75, 3.05) is 12.0 Å². The Morgan fingerprint density at radius 2 is 2.22 bits per heavy atom. The van der Waals surface area contributed by atoms with Crippen molar-refractivity contribution in [3.63, 3.8) is 0 Å². The van der Waals surface area contributed by atoms with Gasteiger partial charge < -0.3 is 9.72 Å². The Bertz CT molecular complexity index is 601. The number of fused-ring (bicyclic) bond motifs is 1. The molecule has 0 saturated heterocycles. The van der Waals surface area contributed by atoms with Gasteiger partial charge in [-0.1, -0.05) is 6.07 Å². The second kappa shape index (κ2) is 5.07. The number of nitrogens with one attached hydrogen (secondary N) is 1. The minimum Gasteiger partial charge on any atom is -0.308 e. The summed E-state index contributed by atoms with van der Waals surface area (Å²) in [7, 11) is -2.94. The van der Waals surface area contributed by atoms with Crippen LogP contribution in [0, 0.1) is 0 Å². The summed E-state index contributed by atoms with van der Waals surface area (Å²) in [6.45, 7) is 2.43. The summed E-state index contributed by atoms with van der Waals surface area (Å²) in [4.78, 5) is 4.43. The molecule has 0 fully saturated rings. The zero-order chi connectivity index (χ0) is 13.2. The van der Waals surface area contributed by atoms with Crippen LogP contribution in [-0.2, 0) is 16.4 Å². The predicted octanol–water partition coefficient (Wildman–Crippen LogP) is 0.857. The van der Waals surface area contributed by atoms with Gasteiger partial charge in [0.1, 0.15) is 15.5 Å². The predicted molar refractivity (Wildman–Crippen MR) is 71.2 cm³/mol. The molecule has 98 valence electrons. The number of sulfone groups is 1. The quantitative estimate of drug-likeness (QED) is 0.872. The summed E-state index contributed by atoms with van der Waals surface area (Å²) in [5, 5.41) is 3.16. The van der Waals surface area contributed by atoms with E-state index in [2.05, 4.69) is 10.3 Å². The average molecular weight is 267 g/mol. The van der Waals surface area contributed by atoms with Crippen molar-refractivity contribution < 1.29 is 8.42 Å². The van der Waals surface area contributed by atoms with Gasteiger partial charge in [0, 0.05) is 31.2 Å². The maximum atomic E-state index is 11.1. The Balaban J connectivity index is 1.98. The molecule has 0 radical (unpaired) electrons. The summed E-state index contributed by atoms with van der Waals surface area (Å²) in [5.74, 6) is 0.139. The summed E-state index contributed by atoms with van der Waals surface area (Å²) in [6.07, 6.45) is 5.12. The highest BCUT2D eigenvalue weighted by atomic mass is 32.2. The van der Waals surface area contributed by atoms with E-state index in [9.17, 15) is 8.42 Å². The van der Waals surface area contributed by atoms with Crippen molar-refractivity contribution in [1.82, 2.24) is 14.7 Å². The first-order chi connectivity index (χ1) is 8.44. The van der Waals surface area contributed by atoms with Gasteiger partial charge in [0.2, 0.25) is 0 Å². The molecule has 1 atom stereocenters. The molecule has 0 spiro atoms. The van der Waals surface area contributed by atoms with Crippen molar-refractivity contribution >= 4 is 15.5 Å². The number of aromatic nitrogens is 2. The molecular formula is C12H17N3O2S. The summed E-state index contributed by atoms with van der Waals surface area (Å²) in [6, 6.07) is 5.73. The Labute approximate surface area is 107 Å². The third-order valence-corrected chi connectivity index (χ3v) is 3.70. The highest BCUT2D eigenvalue weighted by Crippen LogP contribution is 2.04. The first kappa shape index (κ1) is 13.0. The van der Waals surface area contributed by atoms with Crippen LogP contribution in [0.15, 0.2) is 30.6 Å². The van der Waals surface area contributed by atoms with Gasteiger partial charge in [0.15, 0.2) is 0 Å². The number of rotatable bonds is 5. The zero-order valence-electron chi connectivity index (χ0n) is 10.5. The molecule has 2 aromatic rings. The first-order valence-electron chi connectivity index (χ1n) is 5.78. The lowest BCUT2D eigenvalue weighted by Crippen LogP contribution is -2.32. The fraction of sp³-hybridized carbons (Fsp3) is 0.417. The van der Waals surface area contributed by atoms with E-state index < -0.39 is 9.84 Å². The minimum absolute atomic E-state index is 0.0789. The summed E-state index contributed by atoms with van der Waals surface area (Å²) in [5.41, 5.74) is 1.80. The van der Waals surface area contributed by atoms with Gasteiger partial charge in [-0.2, -0.15) is 0 Å². The third-order valence-electron chi connectivity index (χ3n) is 2.60. The molecule has 0 bridgehead atoms. The molecule has 1 unspecified atom stereocenters. The maximum Gasteiger partial charge on any atom is 0.148 e. The second-order valence-electron chi connectivity index (χ2n) is 4.57. The average Bonchev–Trinajstić information content (AvgIpc) is 2.66. The lowest BCUT2D eigenvalue weighted by molar-refractivity contribution is 0.557. The third kappa shape index (κ3) is 3.54. The molecule has 6 heteroatoms. The van der Waals surface area contributed by atoms with Crippen LogP contribution < -0.4 is 5.32 Å². The van der Waals surface area contributed by atoms with Gasteiger partial charge in [0.05, 0.1) is 11.4 Å². The first-order valence-corrected chi connectivity index (χ1v) is 7.84. The standard InChI is InChI=1S/C12H17N3O2S/c1-10(9-18(2,16)17)13-7-11-8-15-6-4-3-5-12(15)14-11/h3-6,8,10,13H,7,9H2,1-2H3. The fourth-order valence-electron chi connectivity index (χ4n) is 1.86. The molecule has 1 N–H and O–H groups in total. The van der Waals surface area contributed by atoms with E-state index in [0.717, 1.165) is 11.3 Å². The SMILES string of the molecule is CC(CS(C)(=O)=O)NCc1cn2ccccc2n1. The van der Waals surface area contributed by atoms with Crippen LogP contribution in [0.2, 0.25) is 0 Å². The van der Waals surface area contributed by atoms with Crippen LogP contribution >= 0.6 is 0 Å². The molecule has 0 aliphatic heterocycles. The number of hydrogen-bond acceptors (Lipinski definition) is 4. The normalized spacial score (nSPS) is 13.9. The van der Waals surface area contributed by atoms with Gasteiger partial charge in [-0.3, -0.25) is 0 Å². The van der Waals surface area contributed by atoms with Crippen molar-refractivity contribution in [3.05, 3.63) is 36.3 Å². The monoisotopic (exact) mass is 267 g/mol. The molecule has 0 saturated carbocycles. The molecule has 5 nitrogen and oxygen atoms in total. The topological polar surface area (TPSA) is 63.5 Å². The van der Waals surface area contributed by atoms with Gasteiger partial charge >= 0.3 is 0 Å². The molecule has 0 aliphatic carbocycles. The van der Waals surface area contributed by atoms with Crippen LogP contribution in [0.1, 0.15) is 12.6 Å². The van der Waals surface area contributed by atoms with E-state index in [-0.39, 0.29) is 11.8 Å². The Morgan fingerprint density at radius 3 is 2.89 bits per heavy atom. The van der Waals surface area contributed by atoms with Gasteiger partial charge in [-0.15, -0.1) is 0 Å². The Kier molecular flexibility index (Phi) is 3.68. The van der Waals surface area contributed by atoms with Crippen LogP contribution in [0.25, 0.3) is 5.65 Å². The van der Waals surface area contributed by atoms with E-state index in [1.165, 1.54) is 6.26 Å². The van der Waals surface area contributed by atoms with E-state index in [4.69, 9.17) is 0 Å². The lowest BCUT2D eigenvalue weighted by atomic mass is 10.3. The maximum absolute atomic E-state index is 11.1. The lowest BCUT2D eigenvalue weighted by Gasteiger charge is -2.10. The van der Waals surface area contributed by atoms with E-state index in [1.807, 2.05) is 41.9 Å². The second-order valence-corrected chi connectivity index (χ2v) is 6.76.